The first-order chi connectivity index (χ1) is 13.5. The number of amides is 1. The van der Waals surface area contributed by atoms with Crippen molar-refractivity contribution in [1.82, 2.24) is 10.2 Å². The van der Waals surface area contributed by atoms with Crippen molar-refractivity contribution in [3.8, 4) is 5.75 Å². The van der Waals surface area contributed by atoms with Crippen molar-refractivity contribution in [3.63, 3.8) is 0 Å². The highest BCUT2D eigenvalue weighted by Gasteiger charge is 2.20. The summed E-state index contributed by atoms with van der Waals surface area (Å²) in [5.74, 6) is 1.17. The molecule has 0 radical (unpaired) electrons. The number of halogens is 1. The minimum Gasteiger partial charge on any atom is -0.481 e. The fourth-order valence-corrected chi connectivity index (χ4v) is 4.23. The highest BCUT2D eigenvalue weighted by molar-refractivity contribution is 8.00. The van der Waals surface area contributed by atoms with E-state index in [1.54, 1.807) is 23.9 Å². The van der Waals surface area contributed by atoms with Gasteiger partial charge in [-0.05, 0) is 42.7 Å². The van der Waals surface area contributed by atoms with E-state index >= 15 is 0 Å². The van der Waals surface area contributed by atoms with Gasteiger partial charge in [0, 0.05) is 10.8 Å². The van der Waals surface area contributed by atoms with Gasteiger partial charge in [0.2, 0.25) is 5.13 Å². The van der Waals surface area contributed by atoms with Crippen molar-refractivity contribution >= 4 is 45.7 Å². The van der Waals surface area contributed by atoms with E-state index in [1.807, 2.05) is 38.1 Å². The second-order valence-corrected chi connectivity index (χ2v) is 8.67. The second-order valence-electron chi connectivity index (χ2n) is 6.06. The maximum atomic E-state index is 12.6. The molecule has 1 aromatic heterocycles. The van der Waals surface area contributed by atoms with Crippen LogP contribution in [0.2, 0.25) is 5.02 Å². The monoisotopic (exact) mass is 433 g/mol. The molecule has 1 unspecified atom stereocenters. The normalized spacial score (nSPS) is 11.8. The summed E-state index contributed by atoms with van der Waals surface area (Å²) in [5, 5.41) is 12.1. The van der Waals surface area contributed by atoms with E-state index < -0.39 is 6.10 Å². The van der Waals surface area contributed by atoms with Gasteiger partial charge in [-0.1, -0.05) is 72.0 Å². The number of thioether (sulfide) groups is 1. The van der Waals surface area contributed by atoms with Crippen LogP contribution in [0, 0.1) is 6.92 Å². The third-order valence-corrected chi connectivity index (χ3v) is 6.38. The molecule has 1 atom stereocenters. The van der Waals surface area contributed by atoms with E-state index in [4.69, 9.17) is 16.3 Å². The lowest BCUT2D eigenvalue weighted by molar-refractivity contribution is -0.122. The molecule has 0 aliphatic heterocycles. The highest BCUT2D eigenvalue weighted by atomic mass is 35.5. The molecule has 0 spiro atoms. The Balaban J connectivity index is 1.56. The molecule has 1 heterocycles. The van der Waals surface area contributed by atoms with Crippen molar-refractivity contribution in [2.45, 2.75) is 36.5 Å². The molecule has 5 nitrogen and oxygen atoms in total. The van der Waals surface area contributed by atoms with E-state index in [1.165, 1.54) is 16.9 Å². The Kier molecular flexibility index (Phi) is 7.30. The van der Waals surface area contributed by atoms with Crippen molar-refractivity contribution < 1.29 is 9.53 Å². The SMILES string of the molecule is CCC(Oc1ccc(Cl)c(C)c1)C(=O)Nc1nnc(SCc2ccccc2)s1. The summed E-state index contributed by atoms with van der Waals surface area (Å²) in [7, 11) is 0. The van der Waals surface area contributed by atoms with E-state index in [2.05, 4.69) is 27.6 Å². The number of hydrogen-bond donors (Lipinski definition) is 1. The smallest absolute Gasteiger partial charge is 0.267 e. The molecule has 1 amide bonds. The molecule has 8 heteroatoms. The molecule has 2 aromatic carbocycles. The van der Waals surface area contributed by atoms with Crippen LogP contribution >= 0.6 is 34.7 Å². The summed E-state index contributed by atoms with van der Waals surface area (Å²) in [4.78, 5) is 12.6. The molecule has 0 saturated carbocycles. The van der Waals surface area contributed by atoms with Crippen molar-refractivity contribution in [2.75, 3.05) is 5.32 Å². The van der Waals surface area contributed by atoms with Crippen LogP contribution in [0.4, 0.5) is 5.13 Å². The van der Waals surface area contributed by atoms with Crippen LogP contribution in [-0.2, 0) is 10.5 Å². The largest absolute Gasteiger partial charge is 0.481 e. The Morgan fingerprint density at radius 2 is 2.04 bits per heavy atom. The van der Waals surface area contributed by atoms with Gasteiger partial charge in [-0.25, -0.2) is 0 Å². The Morgan fingerprint density at radius 1 is 1.25 bits per heavy atom. The zero-order valence-corrected chi connectivity index (χ0v) is 17.9. The van der Waals surface area contributed by atoms with Gasteiger partial charge in [0.15, 0.2) is 10.4 Å². The summed E-state index contributed by atoms with van der Waals surface area (Å²) in [5.41, 5.74) is 2.12. The lowest BCUT2D eigenvalue weighted by Gasteiger charge is -2.16. The summed E-state index contributed by atoms with van der Waals surface area (Å²) in [6.07, 6.45) is -0.0908. The van der Waals surface area contributed by atoms with Crippen molar-refractivity contribution in [2.24, 2.45) is 0 Å². The number of nitrogens with zero attached hydrogens (tertiary/aromatic N) is 2. The molecule has 146 valence electrons. The van der Waals surface area contributed by atoms with Crippen LogP contribution in [0.3, 0.4) is 0 Å². The van der Waals surface area contributed by atoms with E-state index in [0.717, 1.165) is 15.7 Å². The lowest BCUT2D eigenvalue weighted by Crippen LogP contribution is -2.32. The average molecular weight is 434 g/mol. The first-order valence-electron chi connectivity index (χ1n) is 8.79. The number of hydrogen-bond acceptors (Lipinski definition) is 6. The lowest BCUT2D eigenvalue weighted by atomic mass is 10.2. The maximum Gasteiger partial charge on any atom is 0.267 e. The number of ether oxygens (including phenoxy) is 1. The molecule has 0 bridgehead atoms. The van der Waals surface area contributed by atoms with Crippen LogP contribution in [0.15, 0.2) is 52.9 Å². The van der Waals surface area contributed by atoms with Gasteiger partial charge in [0.25, 0.3) is 5.91 Å². The number of aryl methyl sites for hydroxylation is 1. The van der Waals surface area contributed by atoms with Gasteiger partial charge in [0.1, 0.15) is 5.75 Å². The molecule has 1 N–H and O–H groups in total. The van der Waals surface area contributed by atoms with Crippen LogP contribution in [0.1, 0.15) is 24.5 Å². The van der Waals surface area contributed by atoms with Gasteiger partial charge in [-0.15, -0.1) is 10.2 Å². The Bertz CT molecular complexity index is 934. The Hall–Kier alpha value is -2.09. The summed E-state index contributed by atoms with van der Waals surface area (Å²) >= 11 is 8.98. The number of carbonyl (C=O) groups is 1. The fraction of sp³-hybridized carbons (Fsp3) is 0.250. The minimum atomic E-state index is -0.620. The fourth-order valence-electron chi connectivity index (χ4n) is 2.40. The molecule has 3 aromatic rings. The van der Waals surface area contributed by atoms with Crippen LogP contribution in [0.25, 0.3) is 0 Å². The van der Waals surface area contributed by atoms with Gasteiger partial charge >= 0.3 is 0 Å². The molecule has 0 aliphatic carbocycles. The number of rotatable bonds is 8. The van der Waals surface area contributed by atoms with Crippen LogP contribution < -0.4 is 10.1 Å². The molecule has 28 heavy (non-hydrogen) atoms. The van der Waals surface area contributed by atoms with Gasteiger partial charge < -0.3 is 4.74 Å². The second kappa shape index (κ2) is 9.91. The number of aromatic nitrogens is 2. The number of nitrogens with one attached hydrogen (secondary N) is 1. The molecule has 3 rings (SSSR count). The predicted octanol–water partition coefficient (Wildman–Crippen LogP) is 5.59. The van der Waals surface area contributed by atoms with Gasteiger partial charge in [-0.3, -0.25) is 10.1 Å². The highest BCUT2D eigenvalue weighted by Crippen LogP contribution is 2.28. The van der Waals surface area contributed by atoms with Gasteiger partial charge in [0.05, 0.1) is 0 Å². The first-order valence-corrected chi connectivity index (χ1v) is 11.0. The van der Waals surface area contributed by atoms with E-state index in [9.17, 15) is 4.79 Å². The number of anilines is 1. The quantitative estimate of drug-likeness (QED) is 0.370. The molecule has 0 fully saturated rings. The first kappa shape index (κ1) is 20.6. The number of carbonyl (C=O) groups excluding carboxylic acids is 1. The molecule has 0 saturated heterocycles. The van der Waals surface area contributed by atoms with Crippen LogP contribution in [0.5, 0.6) is 5.75 Å². The van der Waals surface area contributed by atoms with E-state index in [-0.39, 0.29) is 5.91 Å². The predicted molar refractivity (Wildman–Crippen MR) is 115 cm³/mol. The summed E-state index contributed by atoms with van der Waals surface area (Å²) < 4.78 is 6.63. The maximum absolute atomic E-state index is 12.6. The van der Waals surface area contributed by atoms with Crippen molar-refractivity contribution in [1.29, 1.82) is 0 Å². The third kappa shape index (κ3) is 5.70. The summed E-state index contributed by atoms with van der Waals surface area (Å²) in [6, 6.07) is 15.5. The van der Waals surface area contributed by atoms with E-state index in [0.29, 0.717) is 22.3 Å². The zero-order valence-electron chi connectivity index (χ0n) is 15.5. The van der Waals surface area contributed by atoms with Crippen molar-refractivity contribution in [3.05, 3.63) is 64.7 Å². The topological polar surface area (TPSA) is 64.1 Å². The summed E-state index contributed by atoms with van der Waals surface area (Å²) in [6.45, 7) is 3.79. The zero-order chi connectivity index (χ0) is 19.9. The number of benzene rings is 2. The standard InChI is InChI=1S/C20H20ClN3O2S2/c1-3-17(26-15-9-10-16(21)13(2)11-15)18(25)22-19-23-24-20(28-19)27-12-14-7-5-4-6-8-14/h4-11,17H,3,12H2,1-2H3,(H,22,23,25). The van der Waals surface area contributed by atoms with Gasteiger partial charge in [-0.2, -0.15) is 0 Å². The molecular formula is C20H20ClN3O2S2. The average Bonchev–Trinajstić information content (AvgIpc) is 3.15. The minimum absolute atomic E-state index is 0.245. The molecule has 0 aliphatic rings. The Labute approximate surface area is 177 Å². The molecular weight excluding hydrogens is 414 g/mol. The third-order valence-electron chi connectivity index (χ3n) is 3.91. The van der Waals surface area contributed by atoms with Crippen LogP contribution in [-0.4, -0.2) is 22.2 Å². The Morgan fingerprint density at radius 3 is 2.75 bits per heavy atom.